The first-order chi connectivity index (χ1) is 10.8. The van der Waals surface area contributed by atoms with E-state index in [1.165, 1.54) is 0 Å². The molecule has 0 unspecified atom stereocenters. The Kier molecular flexibility index (Phi) is 5.47. The summed E-state index contributed by atoms with van der Waals surface area (Å²) in [4.78, 5) is 4.63. The Morgan fingerprint density at radius 1 is 0.913 bits per heavy atom. The van der Waals surface area contributed by atoms with Crippen LogP contribution in [0.4, 0.5) is 0 Å². The molecule has 0 radical (unpaired) electrons. The summed E-state index contributed by atoms with van der Waals surface area (Å²) in [6.07, 6.45) is 0.956. The Bertz CT molecular complexity index is 598. The first kappa shape index (κ1) is 18.0. The maximum absolute atomic E-state index is 10.6. The molecule has 1 atom stereocenters. The summed E-state index contributed by atoms with van der Waals surface area (Å²) in [5.41, 5.74) is 3.30. The van der Waals surface area contributed by atoms with E-state index in [0.717, 1.165) is 11.1 Å². The summed E-state index contributed by atoms with van der Waals surface area (Å²) in [5, 5.41) is 10.6. The molecule has 3 nitrogen and oxygen atoms in total. The molecule has 0 spiro atoms. The van der Waals surface area contributed by atoms with Crippen LogP contribution >= 0.6 is 0 Å². The minimum Gasteiger partial charge on any atom is -0.448 e. The number of aliphatic hydroxyl groups excluding tert-OH is 1. The maximum Gasteiger partial charge on any atom is 0.167 e. The van der Waals surface area contributed by atoms with Crippen molar-refractivity contribution >= 4 is 13.6 Å². The van der Waals surface area contributed by atoms with Gasteiger partial charge in [0, 0.05) is 0 Å². The van der Waals surface area contributed by atoms with Gasteiger partial charge in [-0.25, -0.2) is 4.98 Å². The van der Waals surface area contributed by atoms with E-state index in [0.29, 0.717) is 22.4 Å². The predicted molar refractivity (Wildman–Crippen MR) is 97.7 cm³/mol. The van der Waals surface area contributed by atoms with Crippen LogP contribution in [0.1, 0.15) is 59.0 Å². The van der Waals surface area contributed by atoms with Gasteiger partial charge in [-0.15, -0.1) is 0 Å². The lowest BCUT2D eigenvalue weighted by molar-refractivity contribution is 0.191. The van der Waals surface area contributed by atoms with Gasteiger partial charge in [0.2, 0.25) is 0 Å². The number of rotatable bonds is 6. The monoisotopic (exact) mass is 331 g/mol. The molecule has 0 saturated carbocycles. The summed E-state index contributed by atoms with van der Waals surface area (Å²) in [6, 6.07) is 9.60. The first-order valence-corrected chi connectivity index (χ1v) is 10.7. The average molecular weight is 332 g/mol. The molecule has 0 saturated heterocycles. The standard InChI is InChI=1S/C19H29NO2Si/c1-13(2)23(14(3)4,15(5)6)19-20-12-17(22-19)18(21)16-10-8-7-9-11-16/h7-15,18,21H,1-6H3/t18-/m1/s1. The Labute approximate surface area is 140 Å². The van der Waals surface area contributed by atoms with Crippen LogP contribution in [0.15, 0.2) is 40.9 Å². The predicted octanol–water partition coefficient (Wildman–Crippen LogP) is 4.64. The maximum atomic E-state index is 10.6. The molecule has 0 bridgehead atoms. The van der Waals surface area contributed by atoms with Gasteiger partial charge in [0.25, 0.3) is 0 Å². The highest BCUT2D eigenvalue weighted by molar-refractivity contribution is 6.93. The van der Waals surface area contributed by atoms with Crippen molar-refractivity contribution in [3.05, 3.63) is 47.9 Å². The van der Waals surface area contributed by atoms with E-state index >= 15 is 0 Å². The van der Waals surface area contributed by atoms with E-state index in [1.807, 2.05) is 30.3 Å². The van der Waals surface area contributed by atoms with Crippen LogP contribution in [0.2, 0.25) is 16.6 Å². The van der Waals surface area contributed by atoms with Crippen molar-refractivity contribution in [3.63, 3.8) is 0 Å². The van der Waals surface area contributed by atoms with Crippen molar-refractivity contribution in [1.29, 1.82) is 0 Å². The molecule has 1 aromatic heterocycles. The minimum absolute atomic E-state index is 0.530. The lowest BCUT2D eigenvalue weighted by Crippen LogP contribution is -2.56. The van der Waals surface area contributed by atoms with Gasteiger partial charge >= 0.3 is 0 Å². The molecular weight excluding hydrogens is 302 g/mol. The summed E-state index contributed by atoms with van der Waals surface area (Å²) < 4.78 is 6.15. The van der Waals surface area contributed by atoms with Crippen molar-refractivity contribution in [2.24, 2.45) is 0 Å². The Hall–Kier alpha value is -1.39. The fourth-order valence-corrected chi connectivity index (χ4v) is 10.2. The van der Waals surface area contributed by atoms with Gasteiger partial charge in [-0.05, 0) is 22.2 Å². The lowest BCUT2D eigenvalue weighted by Gasteiger charge is -2.39. The summed E-state index contributed by atoms with van der Waals surface area (Å²) >= 11 is 0. The number of oxazole rings is 1. The number of hydrogen-bond acceptors (Lipinski definition) is 3. The molecule has 0 aliphatic heterocycles. The average Bonchev–Trinajstić information content (AvgIpc) is 2.96. The Morgan fingerprint density at radius 3 is 1.91 bits per heavy atom. The lowest BCUT2D eigenvalue weighted by atomic mass is 10.1. The number of aromatic nitrogens is 1. The summed E-state index contributed by atoms with van der Waals surface area (Å²) in [6.45, 7) is 13.7. The fourth-order valence-electron chi connectivity index (χ4n) is 4.15. The molecule has 2 rings (SSSR count). The van der Waals surface area contributed by atoms with Crippen LogP contribution in [0, 0.1) is 0 Å². The molecule has 1 heterocycles. The van der Waals surface area contributed by atoms with Crippen molar-refractivity contribution in [1.82, 2.24) is 4.98 Å². The van der Waals surface area contributed by atoms with Crippen molar-refractivity contribution < 1.29 is 9.52 Å². The molecule has 1 aromatic carbocycles. The fraction of sp³-hybridized carbons (Fsp3) is 0.526. The topological polar surface area (TPSA) is 46.3 Å². The highest BCUT2D eigenvalue weighted by Crippen LogP contribution is 2.41. The zero-order valence-corrected chi connectivity index (χ0v) is 16.1. The van der Waals surface area contributed by atoms with Crippen molar-refractivity contribution in [2.45, 2.75) is 64.3 Å². The summed E-state index contributed by atoms with van der Waals surface area (Å²) in [7, 11) is -1.92. The highest BCUT2D eigenvalue weighted by atomic mass is 28.3. The van der Waals surface area contributed by atoms with Crippen LogP contribution < -0.4 is 5.51 Å². The third-order valence-electron chi connectivity index (χ3n) is 5.14. The van der Waals surface area contributed by atoms with Gasteiger partial charge in [0.1, 0.15) is 6.10 Å². The highest BCUT2D eigenvalue weighted by Gasteiger charge is 2.49. The van der Waals surface area contributed by atoms with E-state index in [-0.39, 0.29) is 0 Å². The molecule has 0 amide bonds. The molecule has 4 heteroatoms. The Morgan fingerprint density at radius 2 is 1.43 bits per heavy atom. The number of nitrogens with zero attached hydrogens (tertiary/aromatic N) is 1. The first-order valence-electron chi connectivity index (χ1n) is 8.51. The smallest absolute Gasteiger partial charge is 0.167 e. The third kappa shape index (κ3) is 3.15. The van der Waals surface area contributed by atoms with Gasteiger partial charge in [0.05, 0.1) is 6.20 Å². The van der Waals surface area contributed by atoms with Gasteiger partial charge in [0.15, 0.2) is 19.3 Å². The molecule has 1 N–H and O–H groups in total. The minimum atomic E-state index is -1.92. The molecular formula is C19H29NO2Si. The SMILES string of the molecule is CC(C)[Si](c1ncc([C@H](O)c2ccccc2)o1)(C(C)C)C(C)C. The van der Waals surface area contributed by atoms with Gasteiger partial charge in [-0.2, -0.15) is 0 Å². The zero-order chi connectivity index (χ0) is 17.2. The largest absolute Gasteiger partial charge is 0.448 e. The van der Waals surface area contributed by atoms with E-state index in [4.69, 9.17) is 4.42 Å². The van der Waals surface area contributed by atoms with E-state index in [2.05, 4.69) is 46.5 Å². The van der Waals surface area contributed by atoms with Gasteiger partial charge in [-0.3, -0.25) is 0 Å². The molecule has 126 valence electrons. The van der Waals surface area contributed by atoms with Gasteiger partial charge < -0.3 is 9.52 Å². The van der Waals surface area contributed by atoms with E-state index < -0.39 is 14.2 Å². The van der Waals surface area contributed by atoms with Gasteiger partial charge in [-0.1, -0.05) is 71.9 Å². The molecule has 0 aliphatic rings. The van der Waals surface area contributed by atoms with Crippen LogP contribution in [-0.2, 0) is 0 Å². The number of benzene rings is 1. The van der Waals surface area contributed by atoms with E-state index in [9.17, 15) is 5.11 Å². The third-order valence-corrected chi connectivity index (χ3v) is 11.8. The Balaban J connectivity index is 2.43. The second-order valence-corrected chi connectivity index (χ2v) is 13.0. The van der Waals surface area contributed by atoms with E-state index in [1.54, 1.807) is 6.20 Å². The van der Waals surface area contributed by atoms with Crippen LogP contribution in [0.3, 0.4) is 0 Å². The zero-order valence-electron chi connectivity index (χ0n) is 15.1. The van der Waals surface area contributed by atoms with Crippen molar-refractivity contribution in [2.75, 3.05) is 0 Å². The molecule has 0 aliphatic carbocycles. The van der Waals surface area contributed by atoms with Crippen molar-refractivity contribution in [3.8, 4) is 0 Å². The summed E-state index contributed by atoms with van der Waals surface area (Å²) in [5.74, 6) is 0.546. The normalized spacial score (nSPS) is 14.0. The quantitative estimate of drug-likeness (QED) is 0.784. The van der Waals surface area contributed by atoms with Crippen LogP contribution in [0.25, 0.3) is 0 Å². The van der Waals surface area contributed by atoms with Crippen LogP contribution in [-0.4, -0.2) is 18.2 Å². The molecule has 23 heavy (non-hydrogen) atoms. The molecule has 2 aromatic rings. The second kappa shape index (κ2) is 7.01. The second-order valence-electron chi connectivity index (χ2n) is 7.28. The number of hydrogen-bond donors (Lipinski definition) is 1. The van der Waals surface area contributed by atoms with Crippen LogP contribution in [0.5, 0.6) is 0 Å². The molecule has 0 fully saturated rings. The number of aliphatic hydroxyl groups is 1.